The molecular formula is C15H19N3. The molecule has 0 aliphatic carbocycles. The monoisotopic (exact) mass is 241 g/mol. The quantitative estimate of drug-likeness (QED) is 0.813. The Morgan fingerprint density at radius 3 is 2.78 bits per heavy atom. The molecular weight excluding hydrogens is 222 g/mol. The number of nitrogens with one attached hydrogen (secondary N) is 1. The Balaban J connectivity index is 2.22. The van der Waals surface area contributed by atoms with E-state index in [1.807, 2.05) is 18.5 Å². The van der Waals surface area contributed by atoms with Crippen LogP contribution in [0.15, 0.2) is 49.3 Å². The first-order valence-electron chi connectivity index (χ1n) is 6.16. The molecule has 0 radical (unpaired) electrons. The average Bonchev–Trinajstić information content (AvgIpc) is 2.84. The number of anilines is 1. The second kappa shape index (κ2) is 5.54. The number of aryl methyl sites for hydroxylation is 1. The number of aromatic nitrogens is 2. The summed E-state index contributed by atoms with van der Waals surface area (Å²) in [4.78, 5) is 4.32. The van der Waals surface area contributed by atoms with Crippen LogP contribution < -0.4 is 5.32 Å². The Labute approximate surface area is 108 Å². The number of rotatable bonds is 5. The molecule has 0 saturated carbocycles. The summed E-state index contributed by atoms with van der Waals surface area (Å²) in [5.74, 6) is 0.878. The minimum absolute atomic E-state index is 0.264. The SMILES string of the molecule is C=CCNc1nccn1C(C)c1ccc(C)cc1. The van der Waals surface area contributed by atoms with Gasteiger partial charge in [-0.1, -0.05) is 35.9 Å². The van der Waals surface area contributed by atoms with Gasteiger partial charge in [0.15, 0.2) is 0 Å². The minimum Gasteiger partial charge on any atom is -0.352 e. The topological polar surface area (TPSA) is 29.9 Å². The third-order valence-electron chi connectivity index (χ3n) is 3.05. The number of hydrogen-bond acceptors (Lipinski definition) is 2. The van der Waals surface area contributed by atoms with Crippen molar-refractivity contribution in [3.8, 4) is 0 Å². The molecule has 1 N–H and O–H groups in total. The van der Waals surface area contributed by atoms with E-state index in [1.54, 1.807) is 0 Å². The van der Waals surface area contributed by atoms with Gasteiger partial charge in [0, 0.05) is 18.9 Å². The number of hydrogen-bond donors (Lipinski definition) is 1. The van der Waals surface area contributed by atoms with Crippen LogP contribution in [0.25, 0.3) is 0 Å². The molecule has 1 aromatic heterocycles. The highest BCUT2D eigenvalue weighted by Gasteiger charge is 2.11. The van der Waals surface area contributed by atoms with Crippen LogP contribution in [-0.4, -0.2) is 16.1 Å². The molecule has 0 fully saturated rings. The first kappa shape index (κ1) is 12.4. The van der Waals surface area contributed by atoms with Crippen LogP contribution in [0.3, 0.4) is 0 Å². The molecule has 2 aromatic rings. The molecule has 0 saturated heterocycles. The Morgan fingerprint density at radius 1 is 1.39 bits per heavy atom. The zero-order chi connectivity index (χ0) is 13.0. The molecule has 0 aliphatic heterocycles. The van der Waals surface area contributed by atoms with E-state index in [-0.39, 0.29) is 6.04 Å². The smallest absolute Gasteiger partial charge is 0.203 e. The lowest BCUT2D eigenvalue weighted by Gasteiger charge is -2.17. The van der Waals surface area contributed by atoms with Crippen molar-refractivity contribution in [3.05, 3.63) is 60.4 Å². The molecule has 0 aliphatic rings. The maximum Gasteiger partial charge on any atom is 0.203 e. The maximum atomic E-state index is 4.32. The van der Waals surface area contributed by atoms with Gasteiger partial charge in [-0.15, -0.1) is 6.58 Å². The standard InChI is InChI=1S/C15H19N3/c1-4-9-16-15-17-10-11-18(15)13(3)14-7-5-12(2)6-8-14/h4-8,10-11,13H,1,9H2,2-3H3,(H,16,17). The lowest BCUT2D eigenvalue weighted by Crippen LogP contribution is -2.11. The molecule has 1 heterocycles. The van der Waals surface area contributed by atoms with Crippen LogP contribution in [0, 0.1) is 6.92 Å². The second-order valence-corrected chi connectivity index (χ2v) is 4.41. The number of imidazole rings is 1. The highest BCUT2D eigenvalue weighted by atomic mass is 15.2. The van der Waals surface area contributed by atoms with Gasteiger partial charge in [-0.25, -0.2) is 4.98 Å². The maximum absolute atomic E-state index is 4.32. The van der Waals surface area contributed by atoms with Gasteiger partial charge in [-0.3, -0.25) is 0 Å². The highest BCUT2D eigenvalue weighted by molar-refractivity contribution is 5.32. The van der Waals surface area contributed by atoms with E-state index < -0.39 is 0 Å². The van der Waals surface area contributed by atoms with Crippen LogP contribution >= 0.6 is 0 Å². The van der Waals surface area contributed by atoms with E-state index in [1.165, 1.54) is 11.1 Å². The van der Waals surface area contributed by atoms with Crippen LogP contribution in [0.2, 0.25) is 0 Å². The molecule has 3 nitrogen and oxygen atoms in total. The normalized spacial score (nSPS) is 12.1. The van der Waals surface area contributed by atoms with Gasteiger partial charge < -0.3 is 9.88 Å². The van der Waals surface area contributed by atoms with Crippen molar-refractivity contribution in [2.75, 3.05) is 11.9 Å². The van der Waals surface area contributed by atoms with Crippen LogP contribution in [0.5, 0.6) is 0 Å². The molecule has 0 amide bonds. The van der Waals surface area contributed by atoms with Crippen molar-refractivity contribution in [2.45, 2.75) is 19.9 Å². The fourth-order valence-electron chi connectivity index (χ4n) is 1.93. The van der Waals surface area contributed by atoms with E-state index >= 15 is 0 Å². The average molecular weight is 241 g/mol. The predicted octanol–water partition coefficient (Wildman–Crippen LogP) is 3.40. The molecule has 1 atom stereocenters. The van der Waals surface area contributed by atoms with Crippen molar-refractivity contribution < 1.29 is 0 Å². The summed E-state index contributed by atoms with van der Waals surface area (Å²) in [6.45, 7) is 8.69. The van der Waals surface area contributed by atoms with E-state index in [9.17, 15) is 0 Å². The van der Waals surface area contributed by atoms with Crippen LogP contribution in [0.4, 0.5) is 5.95 Å². The van der Waals surface area contributed by atoms with Crippen molar-refractivity contribution in [1.82, 2.24) is 9.55 Å². The number of nitrogens with zero attached hydrogens (tertiary/aromatic N) is 2. The molecule has 94 valence electrons. The van der Waals surface area contributed by atoms with E-state index in [0.717, 1.165) is 12.5 Å². The largest absolute Gasteiger partial charge is 0.352 e. The van der Waals surface area contributed by atoms with Crippen molar-refractivity contribution in [1.29, 1.82) is 0 Å². The fraction of sp³-hybridized carbons (Fsp3) is 0.267. The van der Waals surface area contributed by atoms with Gasteiger partial charge in [0.05, 0.1) is 6.04 Å². The molecule has 0 bridgehead atoms. The minimum atomic E-state index is 0.264. The Hall–Kier alpha value is -2.03. The summed E-state index contributed by atoms with van der Waals surface area (Å²) in [5.41, 5.74) is 2.56. The zero-order valence-electron chi connectivity index (χ0n) is 10.9. The van der Waals surface area contributed by atoms with Crippen molar-refractivity contribution in [3.63, 3.8) is 0 Å². The summed E-state index contributed by atoms with van der Waals surface area (Å²) in [7, 11) is 0. The Bertz CT molecular complexity index is 511. The zero-order valence-corrected chi connectivity index (χ0v) is 10.9. The van der Waals surface area contributed by atoms with E-state index in [4.69, 9.17) is 0 Å². The van der Waals surface area contributed by atoms with Gasteiger partial charge in [0.25, 0.3) is 0 Å². The van der Waals surface area contributed by atoms with Crippen molar-refractivity contribution >= 4 is 5.95 Å². The first-order valence-corrected chi connectivity index (χ1v) is 6.16. The van der Waals surface area contributed by atoms with Gasteiger partial charge in [-0.2, -0.15) is 0 Å². The van der Waals surface area contributed by atoms with Gasteiger partial charge in [0.1, 0.15) is 0 Å². The summed E-state index contributed by atoms with van der Waals surface area (Å²) >= 11 is 0. The Kier molecular flexibility index (Phi) is 3.82. The lowest BCUT2D eigenvalue weighted by molar-refractivity contribution is 0.644. The summed E-state index contributed by atoms with van der Waals surface area (Å²) in [6.07, 6.45) is 5.64. The number of benzene rings is 1. The Morgan fingerprint density at radius 2 is 2.11 bits per heavy atom. The van der Waals surface area contributed by atoms with Crippen molar-refractivity contribution in [2.24, 2.45) is 0 Å². The molecule has 2 rings (SSSR count). The second-order valence-electron chi connectivity index (χ2n) is 4.41. The molecule has 3 heteroatoms. The molecule has 1 aromatic carbocycles. The van der Waals surface area contributed by atoms with Crippen LogP contribution in [0.1, 0.15) is 24.1 Å². The third kappa shape index (κ3) is 2.62. The molecule has 1 unspecified atom stereocenters. The molecule has 18 heavy (non-hydrogen) atoms. The van der Waals surface area contributed by atoms with E-state index in [2.05, 4.69) is 59.6 Å². The fourth-order valence-corrected chi connectivity index (χ4v) is 1.93. The van der Waals surface area contributed by atoms with Gasteiger partial charge in [0.2, 0.25) is 5.95 Å². The van der Waals surface area contributed by atoms with Gasteiger partial charge >= 0.3 is 0 Å². The summed E-state index contributed by atoms with van der Waals surface area (Å²) < 4.78 is 2.13. The highest BCUT2D eigenvalue weighted by Crippen LogP contribution is 2.21. The van der Waals surface area contributed by atoms with Crippen LogP contribution in [-0.2, 0) is 0 Å². The van der Waals surface area contributed by atoms with Gasteiger partial charge in [-0.05, 0) is 19.4 Å². The first-order chi connectivity index (χ1) is 8.72. The van der Waals surface area contributed by atoms with E-state index in [0.29, 0.717) is 0 Å². The summed E-state index contributed by atoms with van der Waals surface area (Å²) in [5, 5.41) is 3.24. The molecule has 0 spiro atoms. The summed E-state index contributed by atoms with van der Waals surface area (Å²) in [6, 6.07) is 8.87. The predicted molar refractivity (Wildman–Crippen MR) is 75.9 cm³/mol. The third-order valence-corrected chi connectivity index (χ3v) is 3.05. The lowest BCUT2D eigenvalue weighted by atomic mass is 10.1.